The Kier molecular flexibility index (Phi) is 6.90. The van der Waals surface area contributed by atoms with Crippen LogP contribution in [-0.4, -0.2) is 37.0 Å². The van der Waals surface area contributed by atoms with Crippen molar-refractivity contribution < 1.29 is 4.79 Å². The van der Waals surface area contributed by atoms with E-state index in [1.807, 2.05) is 4.90 Å². The number of halogens is 1. The monoisotopic (exact) mass is 260 g/mol. The molecule has 1 saturated carbocycles. The molecular weight excluding hydrogens is 236 g/mol. The van der Waals surface area contributed by atoms with Crippen LogP contribution in [0.2, 0.25) is 0 Å². The van der Waals surface area contributed by atoms with Gasteiger partial charge in [-0.3, -0.25) is 4.79 Å². The lowest BCUT2D eigenvalue weighted by Gasteiger charge is -2.27. The van der Waals surface area contributed by atoms with Crippen LogP contribution in [0.4, 0.5) is 0 Å². The van der Waals surface area contributed by atoms with Gasteiger partial charge < -0.3 is 10.2 Å². The Bertz CT molecular complexity index is 223. The Hall–Kier alpha value is -0.280. The molecule has 0 unspecified atom stereocenters. The second-order valence-electron chi connectivity index (χ2n) is 5.17. The van der Waals surface area contributed by atoms with Crippen LogP contribution < -0.4 is 5.32 Å². The van der Waals surface area contributed by atoms with Gasteiger partial charge in [0.05, 0.1) is 0 Å². The van der Waals surface area contributed by atoms with Gasteiger partial charge in [-0.25, -0.2) is 0 Å². The molecule has 0 aromatic rings. The Morgan fingerprint density at radius 1 is 1.18 bits per heavy atom. The van der Waals surface area contributed by atoms with Gasteiger partial charge in [0.1, 0.15) is 0 Å². The molecule has 3 nitrogen and oxygen atoms in total. The first-order valence-electron chi connectivity index (χ1n) is 6.85. The third-order valence-corrected chi connectivity index (χ3v) is 3.95. The molecule has 1 aliphatic carbocycles. The molecule has 4 heteroatoms. The number of amides is 1. The van der Waals surface area contributed by atoms with Crippen LogP contribution in [0.15, 0.2) is 0 Å². The van der Waals surface area contributed by atoms with Gasteiger partial charge in [-0.2, -0.15) is 0 Å². The third kappa shape index (κ3) is 4.84. The van der Waals surface area contributed by atoms with Crippen LogP contribution in [0.25, 0.3) is 0 Å². The summed E-state index contributed by atoms with van der Waals surface area (Å²) in [5, 5.41) is 3.28. The fraction of sp³-hybridized carbons (Fsp3) is 0.923. The summed E-state index contributed by atoms with van der Waals surface area (Å²) in [7, 11) is 0. The molecule has 0 spiro atoms. The number of rotatable bonds is 4. The van der Waals surface area contributed by atoms with Crippen molar-refractivity contribution >= 4 is 18.3 Å². The molecule has 1 aliphatic heterocycles. The third-order valence-electron chi connectivity index (χ3n) is 3.95. The number of hydrogen-bond donors (Lipinski definition) is 1. The lowest BCUT2D eigenvalue weighted by atomic mass is 10.0. The molecule has 2 rings (SSSR count). The van der Waals surface area contributed by atoms with Crippen LogP contribution in [0.5, 0.6) is 0 Å². The highest BCUT2D eigenvalue weighted by molar-refractivity contribution is 5.85. The minimum atomic E-state index is 0. The predicted octanol–water partition coefficient (Wildman–Crippen LogP) is 2.20. The van der Waals surface area contributed by atoms with Gasteiger partial charge >= 0.3 is 0 Å². The quantitative estimate of drug-likeness (QED) is 0.841. The molecule has 0 radical (unpaired) electrons. The van der Waals surface area contributed by atoms with Crippen molar-refractivity contribution in [3.63, 3.8) is 0 Å². The van der Waals surface area contributed by atoms with Gasteiger partial charge in [-0.1, -0.05) is 25.7 Å². The highest BCUT2D eigenvalue weighted by Gasteiger charge is 2.18. The van der Waals surface area contributed by atoms with Crippen molar-refractivity contribution in [2.45, 2.75) is 44.9 Å². The van der Waals surface area contributed by atoms with Crippen molar-refractivity contribution in [3.05, 3.63) is 0 Å². The molecule has 2 aliphatic rings. The van der Waals surface area contributed by atoms with E-state index in [0.717, 1.165) is 44.9 Å². The van der Waals surface area contributed by atoms with E-state index >= 15 is 0 Å². The molecule has 1 saturated heterocycles. The van der Waals surface area contributed by atoms with Crippen molar-refractivity contribution in [3.8, 4) is 0 Å². The van der Waals surface area contributed by atoms with Crippen molar-refractivity contribution in [2.24, 2.45) is 5.92 Å². The fourth-order valence-corrected chi connectivity index (χ4v) is 2.91. The normalized spacial score (nSPS) is 21.3. The number of carbonyl (C=O) groups is 1. The number of nitrogens with zero attached hydrogens (tertiary/aromatic N) is 1. The minimum absolute atomic E-state index is 0. The van der Waals surface area contributed by atoms with E-state index in [9.17, 15) is 4.79 Å². The Balaban J connectivity index is 0.00000144. The van der Waals surface area contributed by atoms with E-state index in [0.29, 0.717) is 5.91 Å². The number of hydrogen-bond acceptors (Lipinski definition) is 2. The summed E-state index contributed by atoms with van der Waals surface area (Å²) in [6, 6.07) is 0. The lowest BCUT2D eigenvalue weighted by Crippen LogP contribution is -2.46. The van der Waals surface area contributed by atoms with E-state index < -0.39 is 0 Å². The van der Waals surface area contributed by atoms with Gasteiger partial charge in [0.15, 0.2) is 0 Å². The summed E-state index contributed by atoms with van der Waals surface area (Å²) in [5.41, 5.74) is 0. The maximum atomic E-state index is 11.9. The van der Waals surface area contributed by atoms with Gasteiger partial charge in [-0.05, 0) is 18.8 Å². The zero-order valence-corrected chi connectivity index (χ0v) is 11.4. The minimum Gasteiger partial charge on any atom is -0.340 e. The van der Waals surface area contributed by atoms with E-state index in [1.54, 1.807) is 0 Å². The first kappa shape index (κ1) is 14.8. The topological polar surface area (TPSA) is 32.3 Å². The van der Waals surface area contributed by atoms with Crippen molar-refractivity contribution in [1.82, 2.24) is 10.2 Å². The first-order valence-corrected chi connectivity index (χ1v) is 6.85. The predicted molar refractivity (Wildman–Crippen MR) is 72.5 cm³/mol. The molecule has 0 aromatic carbocycles. The van der Waals surface area contributed by atoms with Gasteiger partial charge in [-0.15, -0.1) is 12.4 Å². The summed E-state index contributed by atoms with van der Waals surface area (Å²) in [5.74, 6) is 1.30. The van der Waals surface area contributed by atoms with Crippen LogP contribution in [0, 0.1) is 5.92 Å². The van der Waals surface area contributed by atoms with E-state index in [4.69, 9.17) is 0 Å². The summed E-state index contributed by atoms with van der Waals surface area (Å²) in [6.45, 7) is 3.74. The molecule has 0 bridgehead atoms. The molecule has 100 valence electrons. The van der Waals surface area contributed by atoms with Gasteiger partial charge in [0.25, 0.3) is 0 Å². The maximum Gasteiger partial charge on any atom is 0.222 e. The van der Waals surface area contributed by atoms with E-state index in [1.165, 1.54) is 32.1 Å². The standard InChI is InChI=1S/C13H24N2O.ClH/c16-13(15-10-8-14-9-11-15)7-3-6-12-4-1-2-5-12;/h12,14H,1-11H2;1H. The summed E-state index contributed by atoms with van der Waals surface area (Å²) < 4.78 is 0. The van der Waals surface area contributed by atoms with Crippen LogP contribution in [-0.2, 0) is 4.79 Å². The number of nitrogens with one attached hydrogen (secondary N) is 1. The smallest absolute Gasteiger partial charge is 0.222 e. The van der Waals surface area contributed by atoms with Crippen LogP contribution in [0.1, 0.15) is 44.9 Å². The zero-order chi connectivity index (χ0) is 11.2. The number of piperazine rings is 1. The maximum absolute atomic E-state index is 11.9. The molecule has 17 heavy (non-hydrogen) atoms. The first-order chi connectivity index (χ1) is 7.86. The second-order valence-corrected chi connectivity index (χ2v) is 5.17. The molecule has 1 N–H and O–H groups in total. The number of carbonyl (C=O) groups excluding carboxylic acids is 1. The lowest BCUT2D eigenvalue weighted by molar-refractivity contribution is -0.131. The molecule has 0 aromatic heterocycles. The largest absolute Gasteiger partial charge is 0.340 e. The molecule has 2 fully saturated rings. The Morgan fingerprint density at radius 3 is 2.47 bits per heavy atom. The van der Waals surface area contributed by atoms with E-state index in [2.05, 4.69) is 5.32 Å². The SMILES string of the molecule is Cl.O=C(CCCC1CCCC1)N1CCNCC1. The zero-order valence-electron chi connectivity index (χ0n) is 10.6. The summed E-state index contributed by atoms with van der Waals surface area (Å²) >= 11 is 0. The van der Waals surface area contributed by atoms with Crippen molar-refractivity contribution in [1.29, 1.82) is 0 Å². The Morgan fingerprint density at radius 2 is 1.82 bits per heavy atom. The van der Waals surface area contributed by atoms with Crippen LogP contribution in [0.3, 0.4) is 0 Å². The Labute approximate surface area is 111 Å². The van der Waals surface area contributed by atoms with Crippen molar-refractivity contribution in [2.75, 3.05) is 26.2 Å². The van der Waals surface area contributed by atoms with Gasteiger partial charge in [0, 0.05) is 32.6 Å². The second kappa shape index (κ2) is 7.93. The van der Waals surface area contributed by atoms with Gasteiger partial charge in [0.2, 0.25) is 5.91 Å². The molecule has 1 heterocycles. The average Bonchev–Trinajstić information content (AvgIpc) is 2.83. The summed E-state index contributed by atoms with van der Waals surface area (Å²) in [4.78, 5) is 13.9. The van der Waals surface area contributed by atoms with Crippen LogP contribution >= 0.6 is 12.4 Å². The highest BCUT2D eigenvalue weighted by atomic mass is 35.5. The summed E-state index contributed by atoms with van der Waals surface area (Å²) in [6.07, 6.45) is 8.79. The highest BCUT2D eigenvalue weighted by Crippen LogP contribution is 2.28. The fourth-order valence-electron chi connectivity index (χ4n) is 2.91. The molecule has 0 atom stereocenters. The molecule has 1 amide bonds. The average molecular weight is 261 g/mol. The van der Waals surface area contributed by atoms with E-state index in [-0.39, 0.29) is 12.4 Å². The molecular formula is C13H25ClN2O.